The summed E-state index contributed by atoms with van der Waals surface area (Å²) >= 11 is 0. The van der Waals surface area contributed by atoms with Gasteiger partial charge in [-0.3, -0.25) is 4.90 Å². The second kappa shape index (κ2) is 4.60. The van der Waals surface area contributed by atoms with Crippen LogP contribution >= 0.6 is 0 Å². The molecule has 1 aliphatic heterocycles. The minimum atomic E-state index is 0.526. The molecule has 1 aromatic heterocycles. The predicted octanol–water partition coefficient (Wildman–Crippen LogP) is 2.28. The fourth-order valence-electron chi connectivity index (χ4n) is 2.32. The van der Waals surface area contributed by atoms with Gasteiger partial charge in [0.1, 0.15) is 0 Å². The standard InChI is InChI=1S/C11H19N3/c1-2-11(14-9-6-12-10-14)13-7-4-3-5-8-13/h6,9-11H,2-5,7-8H2,1H3. The number of hydrogen-bond donors (Lipinski definition) is 0. The number of hydrogen-bond acceptors (Lipinski definition) is 2. The Labute approximate surface area is 85.7 Å². The topological polar surface area (TPSA) is 21.1 Å². The van der Waals surface area contributed by atoms with Gasteiger partial charge in [0.15, 0.2) is 0 Å². The van der Waals surface area contributed by atoms with E-state index in [1.165, 1.54) is 32.4 Å². The lowest BCUT2D eigenvalue weighted by Gasteiger charge is -2.34. The van der Waals surface area contributed by atoms with Crippen molar-refractivity contribution < 1.29 is 0 Å². The van der Waals surface area contributed by atoms with Crippen molar-refractivity contribution in [2.45, 2.75) is 38.8 Å². The Morgan fingerprint density at radius 2 is 2.07 bits per heavy atom. The van der Waals surface area contributed by atoms with Crippen LogP contribution in [0.15, 0.2) is 18.7 Å². The second-order valence-corrected chi connectivity index (χ2v) is 4.00. The second-order valence-electron chi connectivity index (χ2n) is 4.00. The third-order valence-corrected chi connectivity index (χ3v) is 3.05. The van der Waals surface area contributed by atoms with E-state index in [0.717, 1.165) is 6.42 Å². The fourth-order valence-corrected chi connectivity index (χ4v) is 2.32. The highest BCUT2D eigenvalue weighted by Crippen LogP contribution is 2.21. The first-order chi connectivity index (χ1) is 6.92. The zero-order valence-corrected chi connectivity index (χ0v) is 8.89. The molecule has 0 saturated carbocycles. The SMILES string of the molecule is CCC(N1CCCCC1)n1ccnc1. The average molecular weight is 193 g/mol. The molecule has 78 valence electrons. The van der Waals surface area contributed by atoms with E-state index in [-0.39, 0.29) is 0 Å². The van der Waals surface area contributed by atoms with Gasteiger partial charge in [-0.05, 0) is 19.3 Å². The maximum absolute atomic E-state index is 4.12. The van der Waals surface area contributed by atoms with E-state index in [4.69, 9.17) is 0 Å². The van der Waals surface area contributed by atoms with Crippen LogP contribution in [-0.2, 0) is 0 Å². The molecule has 3 nitrogen and oxygen atoms in total. The van der Waals surface area contributed by atoms with Gasteiger partial charge in [0.2, 0.25) is 0 Å². The van der Waals surface area contributed by atoms with Crippen LogP contribution in [0.4, 0.5) is 0 Å². The van der Waals surface area contributed by atoms with Crippen LogP contribution in [0.2, 0.25) is 0 Å². The quantitative estimate of drug-likeness (QED) is 0.734. The number of aromatic nitrogens is 2. The molecule has 1 aromatic rings. The Bertz CT molecular complexity index is 250. The molecule has 3 heteroatoms. The first-order valence-corrected chi connectivity index (χ1v) is 5.63. The van der Waals surface area contributed by atoms with E-state index in [1.54, 1.807) is 0 Å². The summed E-state index contributed by atoms with van der Waals surface area (Å²) in [6.07, 6.45) is 11.7. The van der Waals surface area contributed by atoms with E-state index >= 15 is 0 Å². The number of nitrogens with zero attached hydrogens (tertiary/aromatic N) is 3. The highest BCUT2D eigenvalue weighted by molar-refractivity contribution is 4.81. The van der Waals surface area contributed by atoms with Crippen molar-refractivity contribution in [3.05, 3.63) is 18.7 Å². The fraction of sp³-hybridized carbons (Fsp3) is 0.727. The molecule has 1 atom stereocenters. The number of piperidine rings is 1. The van der Waals surface area contributed by atoms with Crippen molar-refractivity contribution in [1.82, 2.24) is 14.5 Å². The minimum absolute atomic E-state index is 0.526. The molecule has 1 unspecified atom stereocenters. The van der Waals surface area contributed by atoms with Crippen LogP contribution in [-0.4, -0.2) is 27.5 Å². The molecule has 0 spiro atoms. The molecule has 2 rings (SSSR count). The summed E-state index contributed by atoms with van der Waals surface area (Å²) in [7, 11) is 0. The van der Waals surface area contributed by atoms with Gasteiger partial charge in [0, 0.05) is 25.5 Å². The molecule has 14 heavy (non-hydrogen) atoms. The molecule has 0 bridgehead atoms. The Hall–Kier alpha value is -0.830. The first-order valence-electron chi connectivity index (χ1n) is 5.63. The third kappa shape index (κ3) is 1.98. The maximum Gasteiger partial charge on any atom is 0.0959 e. The smallest absolute Gasteiger partial charge is 0.0959 e. The van der Waals surface area contributed by atoms with Crippen molar-refractivity contribution in [3.8, 4) is 0 Å². The van der Waals surface area contributed by atoms with Crippen molar-refractivity contribution in [2.24, 2.45) is 0 Å². The van der Waals surface area contributed by atoms with E-state index in [2.05, 4.69) is 27.6 Å². The van der Waals surface area contributed by atoms with E-state index in [1.807, 2.05) is 12.5 Å². The number of likely N-dealkylation sites (tertiary alicyclic amines) is 1. The van der Waals surface area contributed by atoms with Gasteiger partial charge >= 0.3 is 0 Å². The molecule has 1 fully saturated rings. The van der Waals surface area contributed by atoms with Gasteiger partial charge in [-0.1, -0.05) is 13.3 Å². The van der Waals surface area contributed by atoms with Gasteiger partial charge in [0.25, 0.3) is 0 Å². The molecular weight excluding hydrogens is 174 g/mol. The van der Waals surface area contributed by atoms with Gasteiger partial charge in [-0.15, -0.1) is 0 Å². The summed E-state index contributed by atoms with van der Waals surface area (Å²) in [6.45, 7) is 4.74. The molecular formula is C11H19N3. The summed E-state index contributed by atoms with van der Waals surface area (Å²) in [5.74, 6) is 0. The third-order valence-electron chi connectivity index (χ3n) is 3.05. The van der Waals surface area contributed by atoms with Gasteiger partial charge in [-0.25, -0.2) is 4.98 Å². The maximum atomic E-state index is 4.12. The average Bonchev–Trinajstić information content (AvgIpc) is 2.74. The zero-order chi connectivity index (χ0) is 9.80. The van der Waals surface area contributed by atoms with Crippen LogP contribution < -0.4 is 0 Å². The van der Waals surface area contributed by atoms with E-state index in [9.17, 15) is 0 Å². The van der Waals surface area contributed by atoms with Gasteiger partial charge in [-0.2, -0.15) is 0 Å². The predicted molar refractivity (Wildman–Crippen MR) is 57.0 cm³/mol. The highest BCUT2D eigenvalue weighted by Gasteiger charge is 2.19. The zero-order valence-electron chi connectivity index (χ0n) is 8.89. The largest absolute Gasteiger partial charge is 0.321 e. The van der Waals surface area contributed by atoms with Crippen molar-refractivity contribution in [1.29, 1.82) is 0 Å². The molecule has 1 saturated heterocycles. The monoisotopic (exact) mass is 193 g/mol. The van der Waals surface area contributed by atoms with Gasteiger partial charge < -0.3 is 4.57 Å². The normalized spacial score (nSPS) is 20.9. The molecule has 1 aliphatic rings. The van der Waals surface area contributed by atoms with Crippen LogP contribution in [0.5, 0.6) is 0 Å². The Kier molecular flexibility index (Phi) is 3.19. The summed E-state index contributed by atoms with van der Waals surface area (Å²) in [5.41, 5.74) is 0. The summed E-state index contributed by atoms with van der Waals surface area (Å²) in [6, 6.07) is 0. The van der Waals surface area contributed by atoms with Crippen LogP contribution in [0.3, 0.4) is 0 Å². The summed E-state index contributed by atoms with van der Waals surface area (Å²) in [5, 5.41) is 0. The lowest BCUT2D eigenvalue weighted by atomic mass is 10.1. The molecule has 0 aliphatic carbocycles. The van der Waals surface area contributed by atoms with Crippen LogP contribution in [0.1, 0.15) is 38.8 Å². The van der Waals surface area contributed by atoms with Crippen LogP contribution in [0.25, 0.3) is 0 Å². The molecule has 0 aromatic carbocycles. The Morgan fingerprint density at radius 3 is 2.64 bits per heavy atom. The first kappa shape index (κ1) is 9.71. The van der Waals surface area contributed by atoms with Crippen molar-refractivity contribution in [3.63, 3.8) is 0 Å². The number of rotatable bonds is 3. The lowest BCUT2D eigenvalue weighted by molar-refractivity contribution is 0.109. The molecule has 0 amide bonds. The van der Waals surface area contributed by atoms with E-state index < -0.39 is 0 Å². The highest BCUT2D eigenvalue weighted by atomic mass is 15.3. The number of imidazole rings is 1. The summed E-state index contributed by atoms with van der Waals surface area (Å²) < 4.78 is 2.23. The minimum Gasteiger partial charge on any atom is -0.321 e. The van der Waals surface area contributed by atoms with E-state index in [0.29, 0.717) is 6.17 Å². The van der Waals surface area contributed by atoms with Gasteiger partial charge in [0.05, 0.1) is 12.5 Å². The Morgan fingerprint density at radius 1 is 1.29 bits per heavy atom. The molecule has 0 radical (unpaired) electrons. The van der Waals surface area contributed by atoms with Crippen molar-refractivity contribution in [2.75, 3.05) is 13.1 Å². The van der Waals surface area contributed by atoms with Crippen molar-refractivity contribution >= 4 is 0 Å². The molecule has 0 N–H and O–H groups in total. The summed E-state index contributed by atoms with van der Waals surface area (Å²) in [4.78, 5) is 6.70. The lowest BCUT2D eigenvalue weighted by Crippen LogP contribution is -2.36. The van der Waals surface area contributed by atoms with Crippen LogP contribution in [0, 0.1) is 0 Å². The molecule has 2 heterocycles. The Balaban J connectivity index is 2.04.